The van der Waals surface area contributed by atoms with Gasteiger partial charge in [0.15, 0.2) is 0 Å². The molecule has 1 fully saturated rings. The second-order valence-corrected chi connectivity index (χ2v) is 7.27. The van der Waals surface area contributed by atoms with E-state index in [4.69, 9.17) is 0 Å². The van der Waals surface area contributed by atoms with Gasteiger partial charge in [-0.15, -0.1) is 0 Å². The first-order valence-electron chi connectivity index (χ1n) is 9.17. The van der Waals surface area contributed by atoms with Crippen LogP contribution in [0.4, 0.5) is 0 Å². The number of rotatable bonds is 6. The average Bonchev–Trinajstić information content (AvgIpc) is 3.15. The van der Waals surface area contributed by atoms with Gasteiger partial charge in [-0.3, -0.25) is 9.36 Å². The van der Waals surface area contributed by atoms with Crippen LogP contribution in [0.5, 0.6) is 0 Å². The fourth-order valence-electron chi connectivity index (χ4n) is 3.50. The Morgan fingerprint density at radius 1 is 1.26 bits per heavy atom. The maximum atomic E-state index is 12.6. The van der Waals surface area contributed by atoms with Gasteiger partial charge in [0.1, 0.15) is 12.4 Å². The van der Waals surface area contributed by atoms with E-state index in [-0.39, 0.29) is 30.7 Å². The standard InChI is InChI=1S/C19H27N5O3/c1-14-20-24(13-18(26)22-11-16(21(2)3)17(25)12-22)19(27)23(14)10-9-15-7-5-4-6-8-15/h4-8,16-17,25H,9-13H2,1-3H3/t16-,17-/m1/s1. The molecule has 0 aliphatic carbocycles. The van der Waals surface area contributed by atoms with E-state index < -0.39 is 6.10 Å². The number of aliphatic hydroxyl groups excluding tert-OH is 1. The van der Waals surface area contributed by atoms with Gasteiger partial charge in [-0.1, -0.05) is 30.3 Å². The molecular weight excluding hydrogens is 346 g/mol. The van der Waals surface area contributed by atoms with Crippen molar-refractivity contribution in [3.05, 3.63) is 52.2 Å². The summed E-state index contributed by atoms with van der Waals surface area (Å²) in [6.07, 6.45) is 0.148. The summed E-state index contributed by atoms with van der Waals surface area (Å²) in [5.74, 6) is 0.393. The van der Waals surface area contributed by atoms with Crippen molar-refractivity contribution in [3.63, 3.8) is 0 Å². The van der Waals surface area contributed by atoms with Crippen molar-refractivity contribution < 1.29 is 9.90 Å². The lowest BCUT2D eigenvalue weighted by atomic mass is 10.1. The van der Waals surface area contributed by atoms with Crippen LogP contribution in [0, 0.1) is 6.92 Å². The van der Waals surface area contributed by atoms with Gasteiger partial charge in [-0.25, -0.2) is 9.48 Å². The third-order valence-corrected chi connectivity index (χ3v) is 5.13. The average molecular weight is 373 g/mol. The third-order valence-electron chi connectivity index (χ3n) is 5.13. The second kappa shape index (κ2) is 8.06. The number of β-amino-alcohol motifs (C(OH)–C–C–N with tert-alkyl or cyclic N) is 1. The van der Waals surface area contributed by atoms with Crippen molar-refractivity contribution in [2.24, 2.45) is 0 Å². The van der Waals surface area contributed by atoms with Gasteiger partial charge in [0.25, 0.3) is 0 Å². The van der Waals surface area contributed by atoms with Crippen LogP contribution in [0.15, 0.2) is 35.1 Å². The summed E-state index contributed by atoms with van der Waals surface area (Å²) < 4.78 is 2.82. The van der Waals surface area contributed by atoms with Crippen LogP contribution >= 0.6 is 0 Å². The van der Waals surface area contributed by atoms with Crippen molar-refractivity contribution >= 4 is 5.91 Å². The largest absolute Gasteiger partial charge is 0.390 e. The van der Waals surface area contributed by atoms with E-state index in [1.807, 2.05) is 49.3 Å². The minimum Gasteiger partial charge on any atom is -0.390 e. The molecule has 1 aliphatic rings. The molecule has 2 heterocycles. The molecule has 0 unspecified atom stereocenters. The van der Waals surface area contributed by atoms with E-state index in [2.05, 4.69) is 5.10 Å². The summed E-state index contributed by atoms with van der Waals surface area (Å²) in [5, 5.41) is 14.4. The van der Waals surface area contributed by atoms with Crippen LogP contribution in [-0.2, 0) is 24.3 Å². The zero-order valence-corrected chi connectivity index (χ0v) is 16.1. The lowest BCUT2D eigenvalue weighted by molar-refractivity contribution is -0.131. The van der Waals surface area contributed by atoms with E-state index in [9.17, 15) is 14.7 Å². The van der Waals surface area contributed by atoms with E-state index in [0.717, 1.165) is 12.0 Å². The number of aromatic nitrogens is 3. The zero-order valence-electron chi connectivity index (χ0n) is 16.1. The quantitative estimate of drug-likeness (QED) is 0.754. The Balaban J connectivity index is 1.66. The highest BCUT2D eigenvalue weighted by molar-refractivity contribution is 5.76. The number of hydrogen-bond donors (Lipinski definition) is 1. The predicted octanol–water partition coefficient (Wildman–Crippen LogP) is -0.271. The van der Waals surface area contributed by atoms with Crippen LogP contribution < -0.4 is 5.69 Å². The van der Waals surface area contributed by atoms with Crippen molar-refractivity contribution in [1.82, 2.24) is 24.1 Å². The van der Waals surface area contributed by atoms with Crippen LogP contribution in [0.3, 0.4) is 0 Å². The molecule has 1 saturated heterocycles. The monoisotopic (exact) mass is 373 g/mol. The first kappa shape index (κ1) is 19.3. The molecule has 8 heteroatoms. The molecule has 2 aromatic rings. The molecule has 1 aromatic heterocycles. The van der Waals surface area contributed by atoms with Crippen molar-refractivity contribution in [3.8, 4) is 0 Å². The van der Waals surface area contributed by atoms with Gasteiger partial charge in [0.05, 0.1) is 12.1 Å². The van der Waals surface area contributed by atoms with Gasteiger partial charge < -0.3 is 14.9 Å². The number of amides is 1. The maximum absolute atomic E-state index is 12.6. The number of likely N-dealkylation sites (N-methyl/N-ethyl adjacent to an activating group) is 1. The van der Waals surface area contributed by atoms with E-state index >= 15 is 0 Å². The fraction of sp³-hybridized carbons (Fsp3) is 0.526. The van der Waals surface area contributed by atoms with Crippen molar-refractivity contribution in [1.29, 1.82) is 0 Å². The predicted molar refractivity (Wildman–Crippen MR) is 101 cm³/mol. The number of carbonyl (C=O) groups is 1. The normalized spacial score (nSPS) is 19.8. The lowest BCUT2D eigenvalue weighted by Crippen LogP contribution is -2.39. The molecular formula is C19H27N5O3. The zero-order chi connectivity index (χ0) is 19.6. The first-order chi connectivity index (χ1) is 12.9. The van der Waals surface area contributed by atoms with Gasteiger partial charge in [-0.2, -0.15) is 5.10 Å². The smallest absolute Gasteiger partial charge is 0.346 e. The maximum Gasteiger partial charge on any atom is 0.346 e. The Morgan fingerprint density at radius 2 is 1.96 bits per heavy atom. The summed E-state index contributed by atoms with van der Waals surface area (Å²) >= 11 is 0. The van der Waals surface area contributed by atoms with Gasteiger partial charge in [0.2, 0.25) is 5.91 Å². The molecule has 3 rings (SSSR count). The van der Waals surface area contributed by atoms with Crippen molar-refractivity contribution in [2.75, 3.05) is 27.2 Å². The molecule has 27 heavy (non-hydrogen) atoms. The number of nitrogens with zero attached hydrogens (tertiary/aromatic N) is 5. The SMILES string of the molecule is Cc1nn(CC(=O)N2C[C@@H](O)[C@H](N(C)C)C2)c(=O)n1CCc1ccccc1. The van der Waals surface area contributed by atoms with Gasteiger partial charge >= 0.3 is 5.69 Å². The summed E-state index contributed by atoms with van der Waals surface area (Å²) in [6.45, 7) is 2.92. The molecule has 0 spiro atoms. The Bertz CT molecular complexity index is 843. The molecule has 8 nitrogen and oxygen atoms in total. The summed E-state index contributed by atoms with van der Waals surface area (Å²) in [5.41, 5.74) is 0.870. The lowest BCUT2D eigenvalue weighted by Gasteiger charge is -2.21. The summed E-state index contributed by atoms with van der Waals surface area (Å²) in [7, 11) is 3.76. The Hall–Kier alpha value is -2.45. The first-order valence-corrected chi connectivity index (χ1v) is 9.17. The van der Waals surface area contributed by atoms with Crippen molar-refractivity contribution in [2.45, 2.75) is 38.6 Å². The van der Waals surface area contributed by atoms with E-state index in [1.54, 1.807) is 16.4 Å². The summed E-state index contributed by atoms with van der Waals surface area (Å²) in [6, 6.07) is 9.86. The highest BCUT2D eigenvalue weighted by atomic mass is 16.3. The molecule has 0 bridgehead atoms. The minimum absolute atomic E-state index is 0.0872. The number of aryl methyl sites for hydroxylation is 2. The molecule has 0 radical (unpaired) electrons. The summed E-state index contributed by atoms with van der Waals surface area (Å²) in [4.78, 5) is 28.7. The highest BCUT2D eigenvalue weighted by Gasteiger charge is 2.35. The van der Waals surface area contributed by atoms with Gasteiger partial charge in [-0.05, 0) is 33.0 Å². The number of carbonyl (C=O) groups excluding carboxylic acids is 1. The van der Waals surface area contributed by atoms with E-state index in [0.29, 0.717) is 18.9 Å². The Morgan fingerprint density at radius 3 is 2.59 bits per heavy atom. The highest BCUT2D eigenvalue weighted by Crippen LogP contribution is 2.14. The molecule has 0 saturated carbocycles. The second-order valence-electron chi connectivity index (χ2n) is 7.27. The number of benzene rings is 1. The third kappa shape index (κ3) is 4.28. The number of hydrogen-bond acceptors (Lipinski definition) is 5. The minimum atomic E-state index is -0.578. The van der Waals surface area contributed by atoms with Crippen LogP contribution in [0.1, 0.15) is 11.4 Å². The molecule has 1 N–H and O–H groups in total. The number of likely N-dealkylation sites (tertiary alicyclic amines) is 1. The Kier molecular flexibility index (Phi) is 5.76. The molecule has 146 valence electrons. The molecule has 1 amide bonds. The van der Waals surface area contributed by atoms with Crippen LogP contribution in [0.2, 0.25) is 0 Å². The molecule has 2 atom stereocenters. The molecule has 1 aliphatic heterocycles. The molecule has 1 aromatic carbocycles. The van der Waals surface area contributed by atoms with Crippen LogP contribution in [0.25, 0.3) is 0 Å². The van der Waals surface area contributed by atoms with Gasteiger partial charge in [0, 0.05) is 19.6 Å². The fourth-order valence-corrected chi connectivity index (χ4v) is 3.50. The topological polar surface area (TPSA) is 83.6 Å². The van der Waals surface area contributed by atoms with E-state index in [1.165, 1.54) is 4.68 Å². The Labute approximate surface area is 158 Å². The number of aliphatic hydroxyl groups is 1. The van der Waals surface area contributed by atoms with Crippen LogP contribution in [-0.4, -0.2) is 74.5 Å².